The van der Waals surface area contributed by atoms with Crippen LogP contribution in [0.1, 0.15) is 75.5 Å². The summed E-state index contributed by atoms with van der Waals surface area (Å²) in [5, 5.41) is 11.3. The molecular weight excluding hydrogens is 373 g/mol. The highest BCUT2D eigenvalue weighted by atomic mass is 16.5. The van der Waals surface area contributed by atoms with E-state index in [0.29, 0.717) is 5.56 Å². The molecule has 0 saturated carbocycles. The first-order chi connectivity index (χ1) is 13.6. The van der Waals surface area contributed by atoms with Gasteiger partial charge in [-0.05, 0) is 67.4 Å². The molecule has 5 heteroatoms. The van der Waals surface area contributed by atoms with Crippen LogP contribution in [0.25, 0.3) is 0 Å². The van der Waals surface area contributed by atoms with Gasteiger partial charge in [0.05, 0.1) is 0 Å². The minimum atomic E-state index is -0.750. The summed E-state index contributed by atoms with van der Waals surface area (Å²) in [6.07, 6.45) is 0. The van der Waals surface area contributed by atoms with E-state index >= 15 is 0 Å². The fourth-order valence-corrected chi connectivity index (χ4v) is 2.85. The molecule has 1 amide bonds. The maximum absolute atomic E-state index is 12.9. The van der Waals surface area contributed by atoms with Crippen molar-refractivity contribution >= 4 is 24.5 Å². The Kier molecular flexibility index (Phi) is 6.90. The Labute approximate surface area is 182 Å². The van der Waals surface area contributed by atoms with Crippen LogP contribution in [-0.2, 0) is 10.1 Å². The SMILES string of the molecule is Cc1cc(C(C)(C)C)ccc1C(=O)Nc1cccc([B]OC(C)(C)C(C)(C)[OH2+])c1C. The molecule has 2 aromatic carbocycles. The summed E-state index contributed by atoms with van der Waals surface area (Å²) in [4.78, 5) is 12.9. The molecule has 161 valence electrons. The third-order valence-electron chi connectivity index (χ3n) is 5.95. The van der Waals surface area contributed by atoms with Crippen LogP contribution >= 0.6 is 0 Å². The van der Waals surface area contributed by atoms with E-state index in [1.165, 1.54) is 5.56 Å². The molecule has 0 aliphatic rings. The predicted molar refractivity (Wildman–Crippen MR) is 127 cm³/mol. The maximum Gasteiger partial charge on any atom is 0.331 e. The summed E-state index contributed by atoms with van der Waals surface area (Å²) in [6.45, 7) is 17.9. The zero-order chi connectivity index (χ0) is 22.9. The number of carbonyl (C=O) groups is 1. The minimum absolute atomic E-state index is 0.0436. The van der Waals surface area contributed by atoms with Gasteiger partial charge < -0.3 is 15.1 Å². The number of carbonyl (C=O) groups excluding carboxylic acids is 1. The third-order valence-corrected chi connectivity index (χ3v) is 5.95. The number of aryl methyl sites for hydroxylation is 1. The fraction of sp³-hybridized carbons (Fsp3) is 0.480. The molecular formula is C25H36BNO3+. The van der Waals surface area contributed by atoms with Gasteiger partial charge in [-0.1, -0.05) is 45.0 Å². The standard InChI is InChI=1S/C25H35BNO3/c1-16-15-18(23(3,4)5)13-14-19(16)22(28)27-21-12-10-11-20(17(21)2)26-30-25(8,9)24(6,7)29/h10-15,29H,1-9H3,(H,27,28)/p+1. The zero-order valence-electron chi connectivity index (χ0n) is 19.9. The van der Waals surface area contributed by atoms with Crippen molar-refractivity contribution in [1.82, 2.24) is 0 Å². The molecule has 0 unspecified atom stereocenters. The number of hydrogen-bond acceptors (Lipinski definition) is 2. The average Bonchev–Trinajstić information content (AvgIpc) is 2.60. The molecule has 2 aromatic rings. The summed E-state index contributed by atoms with van der Waals surface area (Å²) in [5.74, 6) is -0.123. The topological polar surface area (TPSA) is 61.2 Å². The van der Waals surface area contributed by atoms with Gasteiger partial charge in [-0.2, -0.15) is 0 Å². The first-order valence-electron chi connectivity index (χ1n) is 10.4. The van der Waals surface area contributed by atoms with E-state index in [1.807, 2.05) is 71.9 Å². The molecule has 0 aliphatic heterocycles. The lowest BCUT2D eigenvalue weighted by Gasteiger charge is -2.33. The molecule has 0 fully saturated rings. The molecule has 0 bridgehead atoms. The third kappa shape index (κ3) is 5.53. The van der Waals surface area contributed by atoms with Crippen molar-refractivity contribution in [3.8, 4) is 0 Å². The highest BCUT2D eigenvalue weighted by molar-refractivity contribution is 6.48. The van der Waals surface area contributed by atoms with Gasteiger partial charge in [0, 0.05) is 25.1 Å². The molecule has 2 rings (SSSR count). The molecule has 0 spiro atoms. The van der Waals surface area contributed by atoms with Crippen LogP contribution in [0.3, 0.4) is 0 Å². The second-order valence-electron chi connectivity index (χ2n) is 10.1. The Morgan fingerprint density at radius 1 is 1.00 bits per heavy atom. The Morgan fingerprint density at radius 2 is 1.63 bits per heavy atom. The number of anilines is 1. The molecule has 0 aromatic heterocycles. The molecule has 0 saturated heterocycles. The lowest BCUT2D eigenvalue weighted by atomic mass is 9.80. The minimum Gasteiger partial charge on any atom is -0.439 e. The number of amides is 1. The van der Waals surface area contributed by atoms with Crippen molar-refractivity contribution in [3.05, 3.63) is 58.7 Å². The van der Waals surface area contributed by atoms with Gasteiger partial charge in [0.2, 0.25) is 0 Å². The Hall–Kier alpha value is -2.11. The van der Waals surface area contributed by atoms with E-state index < -0.39 is 11.2 Å². The van der Waals surface area contributed by atoms with Crippen molar-refractivity contribution in [1.29, 1.82) is 0 Å². The normalized spacial score (nSPS) is 12.6. The number of nitrogens with one attached hydrogen (secondary N) is 1. The first-order valence-corrected chi connectivity index (χ1v) is 10.4. The summed E-state index contributed by atoms with van der Waals surface area (Å²) in [5.41, 5.74) is 4.04. The van der Waals surface area contributed by atoms with Crippen molar-refractivity contribution < 1.29 is 14.6 Å². The lowest BCUT2D eigenvalue weighted by Crippen LogP contribution is -2.49. The van der Waals surface area contributed by atoms with Crippen LogP contribution in [0.2, 0.25) is 0 Å². The summed E-state index contributed by atoms with van der Waals surface area (Å²) in [7, 11) is 1.69. The van der Waals surface area contributed by atoms with Crippen LogP contribution in [0.5, 0.6) is 0 Å². The van der Waals surface area contributed by atoms with E-state index in [2.05, 4.69) is 32.2 Å². The fourth-order valence-electron chi connectivity index (χ4n) is 2.85. The monoisotopic (exact) mass is 409 g/mol. The average molecular weight is 409 g/mol. The van der Waals surface area contributed by atoms with E-state index in [-0.39, 0.29) is 11.3 Å². The molecule has 4 nitrogen and oxygen atoms in total. The van der Waals surface area contributed by atoms with Crippen LogP contribution in [-0.4, -0.2) is 29.7 Å². The first kappa shape index (κ1) is 24.2. The molecule has 3 N–H and O–H groups in total. The number of rotatable bonds is 6. The second kappa shape index (κ2) is 8.56. The van der Waals surface area contributed by atoms with Crippen molar-refractivity contribution in [2.45, 2.75) is 78.9 Å². The lowest BCUT2D eigenvalue weighted by molar-refractivity contribution is -0.0893. The summed E-state index contributed by atoms with van der Waals surface area (Å²) >= 11 is 0. The van der Waals surface area contributed by atoms with Crippen LogP contribution in [0.4, 0.5) is 5.69 Å². The van der Waals surface area contributed by atoms with Crippen molar-refractivity contribution in [3.63, 3.8) is 0 Å². The highest BCUT2D eigenvalue weighted by Gasteiger charge is 2.40. The van der Waals surface area contributed by atoms with Gasteiger partial charge in [0.1, 0.15) is 5.60 Å². The summed E-state index contributed by atoms with van der Waals surface area (Å²) in [6, 6.07) is 11.7. The van der Waals surface area contributed by atoms with E-state index in [1.54, 1.807) is 7.48 Å². The van der Waals surface area contributed by atoms with Crippen LogP contribution in [0, 0.1) is 13.8 Å². The largest absolute Gasteiger partial charge is 0.439 e. The molecule has 30 heavy (non-hydrogen) atoms. The Balaban J connectivity index is 2.20. The van der Waals surface area contributed by atoms with Crippen LogP contribution < -0.4 is 10.8 Å². The Morgan fingerprint density at radius 3 is 2.17 bits per heavy atom. The molecule has 1 radical (unpaired) electrons. The highest BCUT2D eigenvalue weighted by Crippen LogP contribution is 2.26. The van der Waals surface area contributed by atoms with Crippen LogP contribution in [0.15, 0.2) is 36.4 Å². The zero-order valence-corrected chi connectivity index (χ0v) is 19.9. The van der Waals surface area contributed by atoms with E-state index in [4.69, 9.17) is 9.76 Å². The van der Waals surface area contributed by atoms with E-state index in [0.717, 1.165) is 22.3 Å². The molecule has 0 heterocycles. The van der Waals surface area contributed by atoms with Gasteiger partial charge in [-0.25, -0.2) is 0 Å². The number of benzene rings is 2. The quantitative estimate of drug-likeness (QED) is 0.568. The predicted octanol–water partition coefficient (Wildman–Crippen LogP) is 4.40. The van der Waals surface area contributed by atoms with Crippen molar-refractivity contribution in [2.75, 3.05) is 5.32 Å². The summed E-state index contributed by atoms with van der Waals surface area (Å²) < 4.78 is 5.94. The van der Waals surface area contributed by atoms with Gasteiger partial charge in [-0.3, -0.25) is 4.79 Å². The van der Waals surface area contributed by atoms with Gasteiger partial charge in [0.15, 0.2) is 5.60 Å². The van der Waals surface area contributed by atoms with Crippen molar-refractivity contribution in [2.24, 2.45) is 0 Å². The maximum atomic E-state index is 12.9. The molecule has 0 aliphatic carbocycles. The van der Waals surface area contributed by atoms with Gasteiger partial charge >= 0.3 is 7.48 Å². The second-order valence-corrected chi connectivity index (χ2v) is 10.1. The molecule has 0 atom stereocenters. The number of hydrogen-bond donors (Lipinski definition) is 1. The van der Waals surface area contributed by atoms with E-state index in [9.17, 15) is 4.79 Å². The Bertz CT molecular complexity index is 921. The van der Waals surface area contributed by atoms with Gasteiger partial charge in [0.25, 0.3) is 5.91 Å². The smallest absolute Gasteiger partial charge is 0.331 e. The van der Waals surface area contributed by atoms with Gasteiger partial charge in [-0.15, -0.1) is 0 Å².